The highest BCUT2D eigenvalue weighted by Gasteiger charge is 2.46. The second-order valence-corrected chi connectivity index (χ2v) is 5.07. The fraction of sp³-hybridized carbons (Fsp3) is 0.583. The third-order valence-electron chi connectivity index (χ3n) is 2.49. The van der Waals surface area contributed by atoms with Crippen molar-refractivity contribution in [3.05, 3.63) is 22.4 Å². The monoisotopic (exact) mass is 256 g/mol. The largest absolute Gasteiger partial charge is 0.464 e. The predicted octanol–water partition coefficient (Wildman–Crippen LogP) is 2.50. The lowest BCUT2D eigenvalue weighted by molar-refractivity contribution is -0.170. The summed E-state index contributed by atoms with van der Waals surface area (Å²) in [6.45, 7) is 5.71. The summed E-state index contributed by atoms with van der Waals surface area (Å²) in [4.78, 5) is 11.8. The molecule has 0 aromatic carbocycles. The van der Waals surface area contributed by atoms with Crippen molar-refractivity contribution in [1.29, 1.82) is 0 Å². The number of hydrogen-bond donors (Lipinski definition) is 0. The van der Waals surface area contributed by atoms with Gasteiger partial charge in [0.1, 0.15) is 6.10 Å². The van der Waals surface area contributed by atoms with Crippen LogP contribution in [0.3, 0.4) is 0 Å². The Kier molecular flexibility index (Phi) is 3.51. The van der Waals surface area contributed by atoms with E-state index in [0.29, 0.717) is 6.61 Å². The van der Waals surface area contributed by atoms with Crippen molar-refractivity contribution < 1.29 is 19.0 Å². The van der Waals surface area contributed by atoms with Crippen LogP contribution in [0.25, 0.3) is 0 Å². The van der Waals surface area contributed by atoms with Gasteiger partial charge in [-0.1, -0.05) is 0 Å². The number of thiophene rings is 1. The highest BCUT2D eigenvalue weighted by molar-refractivity contribution is 7.07. The van der Waals surface area contributed by atoms with Gasteiger partial charge in [0.25, 0.3) is 0 Å². The van der Waals surface area contributed by atoms with E-state index >= 15 is 0 Å². The molecule has 0 unspecified atom stereocenters. The van der Waals surface area contributed by atoms with Crippen LogP contribution in [0.4, 0.5) is 0 Å². The van der Waals surface area contributed by atoms with E-state index in [0.717, 1.165) is 5.56 Å². The van der Waals surface area contributed by atoms with Gasteiger partial charge in [-0.2, -0.15) is 11.3 Å². The highest BCUT2D eigenvalue weighted by atomic mass is 32.1. The molecule has 1 aliphatic heterocycles. The molecule has 1 aromatic rings. The average Bonchev–Trinajstić information content (AvgIpc) is 2.84. The summed E-state index contributed by atoms with van der Waals surface area (Å²) in [5.74, 6) is -1.13. The molecule has 1 fully saturated rings. The molecule has 2 rings (SSSR count). The van der Waals surface area contributed by atoms with Gasteiger partial charge in [0.2, 0.25) is 0 Å². The summed E-state index contributed by atoms with van der Waals surface area (Å²) >= 11 is 1.57. The van der Waals surface area contributed by atoms with Gasteiger partial charge in [-0.25, -0.2) is 4.79 Å². The maximum atomic E-state index is 11.8. The van der Waals surface area contributed by atoms with Crippen LogP contribution in [-0.4, -0.2) is 24.5 Å². The van der Waals surface area contributed by atoms with Crippen molar-refractivity contribution in [2.24, 2.45) is 0 Å². The van der Waals surface area contributed by atoms with E-state index in [4.69, 9.17) is 14.2 Å². The molecule has 1 aliphatic rings. The topological polar surface area (TPSA) is 44.8 Å². The molecule has 17 heavy (non-hydrogen) atoms. The molecule has 0 bridgehead atoms. The molecule has 0 radical (unpaired) electrons. The number of esters is 1. The molecular formula is C12H16O4S. The van der Waals surface area contributed by atoms with Gasteiger partial charge in [0.15, 0.2) is 11.9 Å². The summed E-state index contributed by atoms with van der Waals surface area (Å²) in [5.41, 5.74) is 0.957. The Labute approximate surface area is 104 Å². The summed E-state index contributed by atoms with van der Waals surface area (Å²) in [6.07, 6.45) is -1.06. The summed E-state index contributed by atoms with van der Waals surface area (Å²) in [5, 5.41) is 3.91. The summed E-state index contributed by atoms with van der Waals surface area (Å²) in [6, 6.07) is 1.94. The van der Waals surface area contributed by atoms with Gasteiger partial charge in [-0.05, 0) is 43.2 Å². The number of carbonyl (C=O) groups excluding carboxylic acids is 1. The van der Waals surface area contributed by atoms with Crippen molar-refractivity contribution in [1.82, 2.24) is 0 Å². The smallest absolute Gasteiger partial charge is 0.338 e. The third kappa shape index (κ3) is 2.68. The molecule has 0 spiro atoms. The van der Waals surface area contributed by atoms with Crippen molar-refractivity contribution in [2.75, 3.05) is 6.61 Å². The molecule has 0 amide bonds. The normalized spacial score (nSPS) is 27.0. The number of ether oxygens (including phenoxy) is 3. The Bertz CT molecular complexity index is 385. The second-order valence-electron chi connectivity index (χ2n) is 4.29. The lowest BCUT2D eigenvalue weighted by Gasteiger charge is -2.16. The van der Waals surface area contributed by atoms with Crippen LogP contribution in [0.2, 0.25) is 0 Å². The van der Waals surface area contributed by atoms with E-state index in [-0.39, 0.29) is 12.1 Å². The van der Waals surface area contributed by atoms with Crippen molar-refractivity contribution in [2.45, 2.75) is 38.8 Å². The predicted molar refractivity (Wildman–Crippen MR) is 63.7 cm³/mol. The zero-order chi connectivity index (χ0) is 12.5. The molecular weight excluding hydrogens is 240 g/mol. The maximum absolute atomic E-state index is 11.8. The Morgan fingerprint density at radius 1 is 1.53 bits per heavy atom. The van der Waals surface area contributed by atoms with Crippen LogP contribution in [0.15, 0.2) is 16.8 Å². The Hall–Kier alpha value is -0.910. The molecule has 5 heteroatoms. The van der Waals surface area contributed by atoms with Gasteiger partial charge < -0.3 is 14.2 Å². The maximum Gasteiger partial charge on any atom is 0.338 e. The van der Waals surface area contributed by atoms with Gasteiger partial charge in [-0.3, -0.25) is 0 Å². The SMILES string of the molecule is CCOC(=O)[C@@H]1OC(C)(C)O[C@@H]1c1ccsc1. The first-order valence-corrected chi connectivity index (χ1v) is 6.52. The first-order chi connectivity index (χ1) is 8.03. The minimum Gasteiger partial charge on any atom is -0.464 e. The molecule has 4 nitrogen and oxygen atoms in total. The van der Waals surface area contributed by atoms with E-state index in [1.165, 1.54) is 0 Å². The zero-order valence-corrected chi connectivity index (χ0v) is 11.0. The van der Waals surface area contributed by atoms with E-state index in [2.05, 4.69) is 0 Å². The van der Waals surface area contributed by atoms with Crippen LogP contribution in [0.1, 0.15) is 32.4 Å². The van der Waals surface area contributed by atoms with E-state index < -0.39 is 11.9 Å². The molecule has 1 saturated heterocycles. The fourth-order valence-corrected chi connectivity index (χ4v) is 2.52. The molecule has 2 atom stereocenters. The van der Waals surface area contributed by atoms with E-state index in [1.54, 1.807) is 32.1 Å². The van der Waals surface area contributed by atoms with Crippen LogP contribution >= 0.6 is 11.3 Å². The Morgan fingerprint density at radius 3 is 2.88 bits per heavy atom. The molecule has 0 saturated carbocycles. The molecule has 1 aromatic heterocycles. The molecule has 0 N–H and O–H groups in total. The van der Waals surface area contributed by atoms with E-state index in [1.807, 2.05) is 16.8 Å². The molecule has 94 valence electrons. The highest BCUT2D eigenvalue weighted by Crippen LogP contribution is 2.39. The summed E-state index contributed by atoms with van der Waals surface area (Å²) < 4.78 is 16.4. The number of hydrogen-bond acceptors (Lipinski definition) is 5. The second kappa shape index (κ2) is 4.76. The van der Waals surface area contributed by atoms with Crippen LogP contribution in [0, 0.1) is 0 Å². The number of rotatable bonds is 3. The fourth-order valence-electron chi connectivity index (χ4n) is 1.84. The first-order valence-electron chi connectivity index (χ1n) is 5.58. The van der Waals surface area contributed by atoms with Crippen LogP contribution < -0.4 is 0 Å². The van der Waals surface area contributed by atoms with Crippen molar-refractivity contribution >= 4 is 17.3 Å². The van der Waals surface area contributed by atoms with Gasteiger partial charge in [0.05, 0.1) is 6.61 Å². The van der Waals surface area contributed by atoms with Crippen molar-refractivity contribution in [3.8, 4) is 0 Å². The zero-order valence-electron chi connectivity index (χ0n) is 10.1. The standard InChI is InChI=1S/C12H16O4S/c1-4-14-11(13)10-9(8-5-6-17-7-8)15-12(2,3)16-10/h5-7,9-10H,4H2,1-3H3/t9-,10-/m1/s1. The Morgan fingerprint density at radius 2 is 2.29 bits per heavy atom. The minimum absolute atomic E-state index is 0.343. The average molecular weight is 256 g/mol. The van der Waals surface area contributed by atoms with Gasteiger partial charge >= 0.3 is 5.97 Å². The van der Waals surface area contributed by atoms with Gasteiger partial charge in [-0.15, -0.1) is 0 Å². The number of carbonyl (C=O) groups is 1. The third-order valence-corrected chi connectivity index (χ3v) is 3.19. The molecule has 0 aliphatic carbocycles. The van der Waals surface area contributed by atoms with Gasteiger partial charge in [0, 0.05) is 0 Å². The van der Waals surface area contributed by atoms with Crippen LogP contribution in [-0.2, 0) is 19.0 Å². The quantitative estimate of drug-likeness (QED) is 0.779. The summed E-state index contributed by atoms with van der Waals surface area (Å²) in [7, 11) is 0. The van der Waals surface area contributed by atoms with E-state index in [9.17, 15) is 4.79 Å². The first kappa shape index (κ1) is 12.5. The Balaban J connectivity index is 2.20. The van der Waals surface area contributed by atoms with Crippen molar-refractivity contribution in [3.63, 3.8) is 0 Å². The lowest BCUT2D eigenvalue weighted by Crippen LogP contribution is -2.29. The minimum atomic E-state index is -0.760. The van der Waals surface area contributed by atoms with Crippen LogP contribution in [0.5, 0.6) is 0 Å². The molecule has 2 heterocycles. The lowest BCUT2D eigenvalue weighted by atomic mass is 10.1.